The number of fused-ring (bicyclic) bond motifs is 1. The Bertz CT molecular complexity index is 1290. The Labute approximate surface area is 204 Å². The number of ether oxygens (including phenoxy) is 1. The minimum atomic E-state index is -0.130. The summed E-state index contributed by atoms with van der Waals surface area (Å²) in [4.78, 5) is 18.1. The van der Waals surface area contributed by atoms with Crippen molar-refractivity contribution in [3.63, 3.8) is 0 Å². The first kappa shape index (κ1) is 24.6. The number of H-pyrrole nitrogens is 1. The standard InChI is InChI=1S/C26H32N6O3/c1-3-24(25-28-29-30-32(25)17-19-9-6-5-7-10-19)31(13-8-14-33)18-21-15-20-16-22(35-4-2)11-12-23(20)27-26(21)34/h5-7,9-12,15-16,24,33H,3-4,8,13-14,17-18H2,1-2H3,(H,27,34)/t24-/m0/s1. The van der Waals surface area contributed by atoms with Gasteiger partial charge >= 0.3 is 0 Å². The molecule has 4 aromatic rings. The molecule has 9 heteroatoms. The average molecular weight is 477 g/mol. The first-order chi connectivity index (χ1) is 17.1. The number of pyridine rings is 1. The molecule has 0 aliphatic rings. The summed E-state index contributed by atoms with van der Waals surface area (Å²) < 4.78 is 7.44. The zero-order valence-electron chi connectivity index (χ0n) is 20.2. The van der Waals surface area contributed by atoms with E-state index in [0.29, 0.717) is 38.2 Å². The predicted molar refractivity (Wildman–Crippen MR) is 134 cm³/mol. The van der Waals surface area contributed by atoms with Crippen molar-refractivity contribution >= 4 is 10.9 Å². The largest absolute Gasteiger partial charge is 0.494 e. The van der Waals surface area contributed by atoms with Crippen molar-refractivity contribution < 1.29 is 9.84 Å². The lowest BCUT2D eigenvalue weighted by atomic mass is 10.1. The van der Waals surface area contributed by atoms with Crippen LogP contribution in [0.2, 0.25) is 0 Å². The van der Waals surface area contributed by atoms with Crippen LogP contribution in [0.1, 0.15) is 49.7 Å². The molecule has 2 heterocycles. The van der Waals surface area contributed by atoms with Crippen LogP contribution in [-0.2, 0) is 13.1 Å². The molecule has 0 saturated heterocycles. The van der Waals surface area contributed by atoms with Crippen molar-refractivity contribution in [1.82, 2.24) is 30.1 Å². The number of aromatic amines is 1. The summed E-state index contributed by atoms with van der Waals surface area (Å²) in [5, 5.41) is 23.0. The van der Waals surface area contributed by atoms with Gasteiger partial charge in [-0.2, -0.15) is 0 Å². The van der Waals surface area contributed by atoms with Crippen molar-refractivity contribution in [3.8, 4) is 5.75 Å². The molecule has 2 N–H and O–H groups in total. The van der Waals surface area contributed by atoms with Crippen molar-refractivity contribution in [2.75, 3.05) is 19.8 Å². The molecule has 0 aliphatic carbocycles. The zero-order valence-corrected chi connectivity index (χ0v) is 20.2. The summed E-state index contributed by atoms with van der Waals surface area (Å²) in [5.41, 5.74) is 2.39. The fraction of sp³-hybridized carbons (Fsp3) is 0.385. The molecule has 4 rings (SSSR count). The molecular formula is C26H32N6O3. The van der Waals surface area contributed by atoms with Gasteiger partial charge in [-0.05, 0) is 60.0 Å². The van der Waals surface area contributed by atoms with E-state index in [-0.39, 0.29) is 18.2 Å². The normalized spacial score (nSPS) is 12.3. The smallest absolute Gasteiger partial charge is 0.252 e. The molecule has 0 spiro atoms. The monoisotopic (exact) mass is 476 g/mol. The number of aliphatic hydroxyl groups is 1. The lowest BCUT2D eigenvalue weighted by molar-refractivity contribution is 0.152. The summed E-state index contributed by atoms with van der Waals surface area (Å²) in [7, 11) is 0. The number of nitrogens with one attached hydrogen (secondary N) is 1. The molecule has 0 fully saturated rings. The highest BCUT2D eigenvalue weighted by atomic mass is 16.5. The van der Waals surface area contributed by atoms with Gasteiger partial charge in [-0.1, -0.05) is 37.3 Å². The van der Waals surface area contributed by atoms with E-state index in [1.807, 2.05) is 66.2 Å². The Morgan fingerprint density at radius 1 is 1.14 bits per heavy atom. The van der Waals surface area contributed by atoms with Crippen LogP contribution in [0.15, 0.2) is 59.4 Å². The van der Waals surface area contributed by atoms with Gasteiger partial charge in [0.25, 0.3) is 5.56 Å². The second kappa shape index (κ2) is 11.7. The second-order valence-corrected chi connectivity index (χ2v) is 8.46. The number of benzene rings is 2. The van der Waals surface area contributed by atoms with E-state index in [2.05, 4.69) is 32.3 Å². The van der Waals surface area contributed by atoms with E-state index in [9.17, 15) is 9.90 Å². The summed E-state index contributed by atoms with van der Waals surface area (Å²) in [6, 6.07) is 17.5. The van der Waals surface area contributed by atoms with Gasteiger partial charge in [0.2, 0.25) is 0 Å². The van der Waals surface area contributed by atoms with Gasteiger partial charge in [0.1, 0.15) is 5.75 Å². The molecule has 1 atom stereocenters. The predicted octanol–water partition coefficient (Wildman–Crippen LogP) is 3.30. The Morgan fingerprint density at radius 3 is 2.71 bits per heavy atom. The van der Waals surface area contributed by atoms with Crippen LogP contribution in [0.4, 0.5) is 0 Å². The van der Waals surface area contributed by atoms with Gasteiger partial charge in [0, 0.05) is 36.2 Å². The molecule has 0 radical (unpaired) electrons. The summed E-state index contributed by atoms with van der Waals surface area (Å²) >= 11 is 0. The third-order valence-corrected chi connectivity index (χ3v) is 6.04. The average Bonchev–Trinajstić information content (AvgIpc) is 3.32. The highest BCUT2D eigenvalue weighted by Crippen LogP contribution is 2.26. The van der Waals surface area contributed by atoms with E-state index in [0.717, 1.165) is 34.5 Å². The van der Waals surface area contributed by atoms with E-state index >= 15 is 0 Å². The van der Waals surface area contributed by atoms with Gasteiger partial charge < -0.3 is 14.8 Å². The van der Waals surface area contributed by atoms with Gasteiger partial charge in [-0.3, -0.25) is 9.69 Å². The van der Waals surface area contributed by atoms with Crippen LogP contribution in [-0.4, -0.2) is 55.0 Å². The number of nitrogens with zero attached hydrogens (tertiary/aromatic N) is 5. The van der Waals surface area contributed by atoms with Crippen molar-refractivity contribution in [1.29, 1.82) is 0 Å². The van der Waals surface area contributed by atoms with Gasteiger partial charge in [-0.15, -0.1) is 5.10 Å². The zero-order chi connectivity index (χ0) is 24.6. The minimum Gasteiger partial charge on any atom is -0.494 e. The van der Waals surface area contributed by atoms with Gasteiger partial charge in [0.05, 0.1) is 19.2 Å². The third-order valence-electron chi connectivity index (χ3n) is 6.04. The Hall–Kier alpha value is -3.56. The van der Waals surface area contributed by atoms with Crippen molar-refractivity contribution in [2.45, 2.75) is 45.8 Å². The Morgan fingerprint density at radius 2 is 1.97 bits per heavy atom. The van der Waals surface area contributed by atoms with Crippen LogP contribution in [0.5, 0.6) is 5.75 Å². The maximum atomic E-state index is 13.0. The summed E-state index contributed by atoms with van der Waals surface area (Å²) in [6.45, 7) is 6.23. The van der Waals surface area contributed by atoms with Crippen LogP contribution in [0.25, 0.3) is 10.9 Å². The first-order valence-corrected chi connectivity index (χ1v) is 12.1. The second-order valence-electron chi connectivity index (χ2n) is 8.46. The fourth-order valence-electron chi connectivity index (χ4n) is 4.36. The molecule has 0 bridgehead atoms. The van der Waals surface area contributed by atoms with Crippen LogP contribution >= 0.6 is 0 Å². The van der Waals surface area contributed by atoms with Gasteiger partial charge in [0.15, 0.2) is 5.82 Å². The van der Waals surface area contributed by atoms with Crippen molar-refractivity contribution in [3.05, 3.63) is 81.9 Å². The molecule has 0 amide bonds. The molecule has 2 aromatic carbocycles. The van der Waals surface area contributed by atoms with E-state index in [1.54, 1.807) is 0 Å². The minimum absolute atomic E-state index is 0.0632. The maximum absolute atomic E-state index is 13.0. The van der Waals surface area contributed by atoms with Crippen LogP contribution in [0.3, 0.4) is 0 Å². The number of aliphatic hydroxyl groups excluding tert-OH is 1. The lowest BCUT2D eigenvalue weighted by Gasteiger charge is -2.30. The quantitative estimate of drug-likeness (QED) is 0.323. The van der Waals surface area contributed by atoms with Gasteiger partial charge in [-0.25, -0.2) is 4.68 Å². The summed E-state index contributed by atoms with van der Waals surface area (Å²) in [5.74, 6) is 1.51. The number of tetrazole rings is 1. The molecule has 0 aliphatic heterocycles. The van der Waals surface area contributed by atoms with E-state index < -0.39 is 0 Å². The summed E-state index contributed by atoms with van der Waals surface area (Å²) in [6.07, 6.45) is 1.33. The third kappa shape index (κ3) is 5.93. The molecule has 9 nitrogen and oxygen atoms in total. The van der Waals surface area contributed by atoms with E-state index in [4.69, 9.17) is 4.74 Å². The topological polar surface area (TPSA) is 109 Å². The lowest BCUT2D eigenvalue weighted by Crippen LogP contribution is -2.34. The van der Waals surface area contributed by atoms with Crippen molar-refractivity contribution in [2.24, 2.45) is 0 Å². The molecule has 0 saturated carbocycles. The molecule has 184 valence electrons. The number of aromatic nitrogens is 5. The van der Waals surface area contributed by atoms with Crippen LogP contribution in [0, 0.1) is 0 Å². The highest BCUT2D eigenvalue weighted by molar-refractivity contribution is 5.80. The molecule has 0 unspecified atom stereocenters. The first-order valence-electron chi connectivity index (χ1n) is 12.1. The van der Waals surface area contributed by atoms with Crippen LogP contribution < -0.4 is 10.3 Å². The molecule has 35 heavy (non-hydrogen) atoms. The number of hydrogen-bond donors (Lipinski definition) is 2. The number of rotatable bonds is 12. The Balaban J connectivity index is 1.65. The SMILES string of the molecule is CCOc1ccc2[nH]c(=O)c(CN(CCCO)[C@@H](CC)c3nnnn3Cc3ccccc3)cc2c1. The maximum Gasteiger partial charge on any atom is 0.252 e. The Kier molecular flexibility index (Phi) is 8.23. The molecule has 2 aromatic heterocycles. The van der Waals surface area contributed by atoms with E-state index in [1.165, 1.54) is 0 Å². The highest BCUT2D eigenvalue weighted by Gasteiger charge is 2.25. The molecular weight excluding hydrogens is 444 g/mol. The fourth-order valence-corrected chi connectivity index (χ4v) is 4.36. The number of hydrogen-bond acceptors (Lipinski definition) is 7.